The lowest BCUT2D eigenvalue weighted by atomic mass is 9.89. The summed E-state index contributed by atoms with van der Waals surface area (Å²) in [4.78, 5) is 0. The second-order valence-corrected chi connectivity index (χ2v) is 3.59. The Morgan fingerprint density at radius 1 is 1.42 bits per heavy atom. The van der Waals surface area contributed by atoms with E-state index in [4.69, 9.17) is 0 Å². The summed E-state index contributed by atoms with van der Waals surface area (Å²) in [6.07, 6.45) is -0.282. The molecule has 1 N–H and O–H groups in total. The second-order valence-electron chi connectivity index (χ2n) is 3.59. The number of aliphatic hydroxyl groups is 1. The first kappa shape index (κ1) is 9.90. The molecule has 0 aromatic rings. The van der Waals surface area contributed by atoms with Gasteiger partial charge in [0.15, 0.2) is 0 Å². The van der Waals surface area contributed by atoms with Crippen molar-refractivity contribution in [2.45, 2.75) is 45.1 Å². The molecule has 3 heteroatoms. The maximum atomic E-state index is 12.1. The van der Waals surface area contributed by atoms with Crippen molar-refractivity contribution in [1.29, 1.82) is 0 Å². The quantitative estimate of drug-likeness (QED) is 0.703. The van der Waals surface area contributed by atoms with E-state index in [2.05, 4.69) is 0 Å². The number of hydrogen-bond donors (Lipinski definition) is 1. The summed E-state index contributed by atoms with van der Waals surface area (Å²) in [5, 5.41) is 9.18. The van der Waals surface area contributed by atoms with Gasteiger partial charge in [0.1, 0.15) is 6.10 Å². The van der Waals surface area contributed by atoms with Gasteiger partial charge in [-0.1, -0.05) is 26.2 Å². The molecule has 72 valence electrons. The van der Waals surface area contributed by atoms with Gasteiger partial charge in [0.05, 0.1) is 0 Å². The summed E-state index contributed by atoms with van der Waals surface area (Å²) in [6.45, 7) is 2.00. The van der Waals surface area contributed by atoms with Gasteiger partial charge in [0, 0.05) is 0 Å². The van der Waals surface area contributed by atoms with Crippen molar-refractivity contribution >= 4 is 0 Å². The minimum Gasteiger partial charge on any atom is -0.387 e. The van der Waals surface area contributed by atoms with Crippen molar-refractivity contribution < 1.29 is 13.9 Å². The predicted octanol–water partition coefficient (Wildman–Crippen LogP) is 2.44. The van der Waals surface area contributed by atoms with Crippen LogP contribution in [0.25, 0.3) is 0 Å². The van der Waals surface area contributed by atoms with Crippen molar-refractivity contribution in [3.05, 3.63) is 0 Å². The van der Waals surface area contributed by atoms with Gasteiger partial charge >= 0.3 is 0 Å². The number of alkyl halides is 2. The average Bonchev–Trinajstić information content (AvgIpc) is 2.49. The standard InChI is InChI=1S/C9H16F2O/c1-2-6-4-3-5-7(6)8(12)9(10)11/h6-9,12H,2-5H2,1H3. The van der Waals surface area contributed by atoms with Crippen molar-refractivity contribution in [2.75, 3.05) is 0 Å². The molecule has 0 heterocycles. The number of aliphatic hydroxyl groups excluding tert-OH is 1. The highest BCUT2D eigenvalue weighted by molar-refractivity contribution is 4.82. The van der Waals surface area contributed by atoms with E-state index in [1.54, 1.807) is 0 Å². The molecule has 3 unspecified atom stereocenters. The van der Waals surface area contributed by atoms with Crippen LogP contribution in [0, 0.1) is 11.8 Å². The van der Waals surface area contributed by atoms with Crippen LogP contribution in [0.5, 0.6) is 0 Å². The lowest BCUT2D eigenvalue weighted by molar-refractivity contribution is -0.0483. The fourth-order valence-corrected chi connectivity index (χ4v) is 2.21. The van der Waals surface area contributed by atoms with Gasteiger partial charge in [-0.05, 0) is 18.3 Å². The lowest BCUT2D eigenvalue weighted by Gasteiger charge is -2.22. The molecule has 1 saturated carbocycles. The Kier molecular flexibility index (Phi) is 3.44. The first-order valence-corrected chi connectivity index (χ1v) is 4.63. The van der Waals surface area contributed by atoms with E-state index in [0.717, 1.165) is 25.7 Å². The van der Waals surface area contributed by atoms with Crippen LogP contribution >= 0.6 is 0 Å². The Balaban J connectivity index is 2.49. The third-order valence-electron chi connectivity index (χ3n) is 2.94. The third-order valence-corrected chi connectivity index (χ3v) is 2.94. The van der Waals surface area contributed by atoms with E-state index in [1.165, 1.54) is 0 Å². The van der Waals surface area contributed by atoms with E-state index < -0.39 is 12.5 Å². The fraction of sp³-hybridized carbons (Fsp3) is 1.00. The maximum Gasteiger partial charge on any atom is 0.264 e. The first-order valence-electron chi connectivity index (χ1n) is 4.63. The number of rotatable bonds is 3. The van der Waals surface area contributed by atoms with Gasteiger partial charge < -0.3 is 5.11 Å². The molecular weight excluding hydrogens is 162 g/mol. The topological polar surface area (TPSA) is 20.2 Å². The van der Waals surface area contributed by atoms with E-state index in [9.17, 15) is 13.9 Å². The molecule has 0 radical (unpaired) electrons. The van der Waals surface area contributed by atoms with Gasteiger partial charge in [-0.3, -0.25) is 0 Å². The zero-order valence-electron chi connectivity index (χ0n) is 7.34. The fourth-order valence-electron chi connectivity index (χ4n) is 2.21. The zero-order chi connectivity index (χ0) is 9.14. The summed E-state index contributed by atoms with van der Waals surface area (Å²) < 4.78 is 24.3. The molecule has 0 aromatic heterocycles. The Morgan fingerprint density at radius 3 is 2.58 bits per heavy atom. The molecule has 3 atom stereocenters. The van der Waals surface area contributed by atoms with E-state index in [0.29, 0.717) is 5.92 Å². The Morgan fingerprint density at radius 2 is 2.08 bits per heavy atom. The second kappa shape index (κ2) is 4.17. The molecule has 0 amide bonds. The summed E-state index contributed by atoms with van der Waals surface area (Å²) in [7, 11) is 0. The van der Waals surface area contributed by atoms with Crippen LogP contribution in [0.2, 0.25) is 0 Å². The summed E-state index contributed by atoms with van der Waals surface area (Å²) >= 11 is 0. The Bertz CT molecular complexity index is 138. The van der Waals surface area contributed by atoms with Crippen LogP contribution < -0.4 is 0 Å². The van der Waals surface area contributed by atoms with E-state index in [1.807, 2.05) is 6.92 Å². The molecule has 0 aliphatic heterocycles. The van der Waals surface area contributed by atoms with Crippen LogP contribution in [0.3, 0.4) is 0 Å². The van der Waals surface area contributed by atoms with E-state index in [-0.39, 0.29) is 5.92 Å². The molecule has 1 aliphatic rings. The molecule has 1 nitrogen and oxygen atoms in total. The number of halogens is 2. The van der Waals surface area contributed by atoms with Gasteiger partial charge in [0.2, 0.25) is 0 Å². The third kappa shape index (κ3) is 1.94. The van der Waals surface area contributed by atoms with Gasteiger partial charge in [-0.2, -0.15) is 0 Å². The van der Waals surface area contributed by atoms with E-state index >= 15 is 0 Å². The average molecular weight is 178 g/mol. The lowest BCUT2D eigenvalue weighted by Crippen LogP contribution is -2.30. The smallest absolute Gasteiger partial charge is 0.264 e. The minimum atomic E-state index is -2.57. The normalized spacial score (nSPS) is 32.8. The summed E-state index contributed by atoms with van der Waals surface area (Å²) in [6, 6.07) is 0. The molecule has 0 saturated heterocycles. The predicted molar refractivity (Wildman–Crippen MR) is 43.1 cm³/mol. The summed E-state index contributed by atoms with van der Waals surface area (Å²) in [5.74, 6) is 0.156. The first-order chi connectivity index (χ1) is 5.66. The number of hydrogen-bond acceptors (Lipinski definition) is 1. The largest absolute Gasteiger partial charge is 0.387 e. The molecule has 1 fully saturated rings. The van der Waals surface area contributed by atoms with Gasteiger partial charge in [0.25, 0.3) is 6.43 Å². The highest BCUT2D eigenvalue weighted by Gasteiger charge is 2.35. The minimum absolute atomic E-state index is 0.157. The van der Waals surface area contributed by atoms with Crippen molar-refractivity contribution in [1.82, 2.24) is 0 Å². The van der Waals surface area contributed by atoms with Gasteiger partial charge in [-0.25, -0.2) is 8.78 Å². The van der Waals surface area contributed by atoms with Crippen molar-refractivity contribution in [2.24, 2.45) is 11.8 Å². The molecule has 0 bridgehead atoms. The highest BCUT2D eigenvalue weighted by atomic mass is 19.3. The molecule has 0 spiro atoms. The van der Waals surface area contributed by atoms with Crippen molar-refractivity contribution in [3.8, 4) is 0 Å². The van der Waals surface area contributed by atoms with Crippen molar-refractivity contribution in [3.63, 3.8) is 0 Å². The molecular formula is C9H16F2O. The van der Waals surface area contributed by atoms with Crippen LogP contribution in [0.4, 0.5) is 8.78 Å². The Hall–Kier alpha value is -0.180. The monoisotopic (exact) mass is 178 g/mol. The molecule has 1 aliphatic carbocycles. The zero-order valence-corrected chi connectivity index (χ0v) is 7.34. The maximum absolute atomic E-state index is 12.1. The SMILES string of the molecule is CCC1CCCC1C(O)C(F)F. The van der Waals surface area contributed by atoms with Crippen LogP contribution in [-0.2, 0) is 0 Å². The molecule has 1 rings (SSSR count). The van der Waals surface area contributed by atoms with Crippen LogP contribution in [0.15, 0.2) is 0 Å². The summed E-state index contributed by atoms with van der Waals surface area (Å²) in [5.41, 5.74) is 0. The Labute approximate surface area is 71.8 Å². The van der Waals surface area contributed by atoms with Gasteiger partial charge in [-0.15, -0.1) is 0 Å². The molecule has 0 aromatic carbocycles. The highest BCUT2D eigenvalue weighted by Crippen LogP contribution is 2.37. The van der Waals surface area contributed by atoms with Crippen LogP contribution in [-0.4, -0.2) is 17.6 Å². The molecule has 12 heavy (non-hydrogen) atoms. The van der Waals surface area contributed by atoms with Crippen LogP contribution in [0.1, 0.15) is 32.6 Å².